The van der Waals surface area contributed by atoms with Crippen LogP contribution in [0.15, 0.2) is 59.5 Å². The highest BCUT2D eigenvalue weighted by atomic mass is 35.5. The van der Waals surface area contributed by atoms with Gasteiger partial charge in [-0.1, -0.05) is 35.9 Å². The van der Waals surface area contributed by atoms with Crippen molar-refractivity contribution in [3.05, 3.63) is 59.6 Å². The normalized spacial score (nSPS) is 15.7. The van der Waals surface area contributed by atoms with E-state index in [-0.39, 0.29) is 30.5 Å². The molecule has 0 radical (unpaired) electrons. The molecule has 1 aliphatic heterocycles. The summed E-state index contributed by atoms with van der Waals surface area (Å²) < 4.78 is 32.2. The highest BCUT2D eigenvalue weighted by Gasteiger charge is 2.30. The molecule has 1 fully saturated rings. The maximum atomic E-state index is 12.7. The van der Waals surface area contributed by atoms with Gasteiger partial charge in [-0.05, 0) is 30.3 Å². The van der Waals surface area contributed by atoms with Gasteiger partial charge in [0.05, 0.1) is 4.90 Å². The van der Waals surface area contributed by atoms with Crippen LogP contribution in [0.5, 0.6) is 5.75 Å². The van der Waals surface area contributed by atoms with Crippen LogP contribution in [0.4, 0.5) is 0 Å². The number of piperazine rings is 1. The zero-order valence-corrected chi connectivity index (χ0v) is 15.6. The first kappa shape index (κ1) is 18.7. The Morgan fingerprint density at radius 2 is 1.69 bits per heavy atom. The van der Waals surface area contributed by atoms with Crippen molar-refractivity contribution in [1.29, 1.82) is 0 Å². The van der Waals surface area contributed by atoms with Crippen LogP contribution >= 0.6 is 11.6 Å². The Hall–Kier alpha value is -2.09. The molecule has 2 aromatic rings. The second kappa shape index (κ2) is 8.07. The molecule has 2 aromatic carbocycles. The quantitative estimate of drug-likeness (QED) is 0.780. The highest BCUT2D eigenvalue weighted by molar-refractivity contribution is 7.89. The van der Waals surface area contributed by atoms with Gasteiger partial charge < -0.3 is 9.64 Å². The molecule has 0 aliphatic carbocycles. The molecule has 0 spiro atoms. The zero-order chi connectivity index (χ0) is 18.6. The van der Waals surface area contributed by atoms with Crippen molar-refractivity contribution in [3.63, 3.8) is 0 Å². The molecule has 1 aliphatic rings. The number of sulfonamides is 1. The molecule has 0 atom stereocenters. The number of carbonyl (C=O) groups is 1. The number of nitrogens with zero attached hydrogens (tertiary/aromatic N) is 2. The SMILES string of the molecule is O=C(COc1ccccc1)N1CCN(S(=O)(=O)c2cccc(Cl)c2)CC1. The van der Waals surface area contributed by atoms with E-state index < -0.39 is 10.0 Å². The van der Waals surface area contributed by atoms with E-state index in [1.54, 1.807) is 29.2 Å². The number of amides is 1. The summed E-state index contributed by atoms with van der Waals surface area (Å²) in [4.78, 5) is 14.0. The molecule has 1 amide bonds. The molecule has 1 heterocycles. The van der Waals surface area contributed by atoms with Crippen LogP contribution in [0.25, 0.3) is 0 Å². The minimum absolute atomic E-state index is 0.0644. The molecule has 26 heavy (non-hydrogen) atoms. The molecule has 0 unspecified atom stereocenters. The van der Waals surface area contributed by atoms with Crippen LogP contribution in [-0.4, -0.2) is 56.3 Å². The summed E-state index contributed by atoms with van der Waals surface area (Å²) in [5.74, 6) is 0.469. The fraction of sp³-hybridized carbons (Fsp3) is 0.278. The average molecular weight is 395 g/mol. The number of para-hydroxylation sites is 1. The lowest BCUT2D eigenvalue weighted by Crippen LogP contribution is -2.51. The molecular formula is C18H19ClN2O4S. The van der Waals surface area contributed by atoms with Crippen molar-refractivity contribution in [2.24, 2.45) is 0 Å². The molecule has 8 heteroatoms. The van der Waals surface area contributed by atoms with Gasteiger partial charge in [-0.25, -0.2) is 8.42 Å². The van der Waals surface area contributed by atoms with E-state index in [9.17, 15) is 13.2 Å². The summed E-state index contributed by atoms with van der Waals surface area (Å²) in [7, 11) is -3.61. The Balaban J connectivity index is 1.56. The predicted molar refractivity (Wildman–Crippen MR) is 98.7 cm³/mol. The first-order valence-corrected chi connectivity index (χ1v) is 10.00. The molecule has 0 bridgehead atoms. The summed E-state index contributed by atoms with van der Waals surface area (Å²) in [5.41, 5.74) is 0. The van der Waals surface area contributed by atoms with E-state index in [2.05, 4.69) is 0 Å². The second-order valence-corrected chi connectivity index (χ2v) is 8.22. The minimum Gasteiger partial charge on any atom is -0.484 e. The molecule has 6 nitrogen and oxygen atoms in total. The molecule has 1 saturated heterocycles. The smallest absolute Gasteiger partial charge is 0.260 e. The Labute approximate surface area is 158 Å². The fourth-order valence-corrected chi connectivity index (χ4v) is 4.43. The van der Waals surface area contributed by atoms with Gasteiger partial charge in [0.15, 0.2) is 6.61 Å². The maximum absolute atomic E-state index is 12.7. The number of carbonyl (C=O) groups excluding carboxylic acids is 1. The van der Waals surface area contributed by atoms with Crippen LogP contribution < -0.4 is 4.74 Å². The van der Waals surface area contributed by atoms with Crippen molar-refractivity contribution in [2.75, 3.05) is 32.8 Å². The molecule has 0 saturated carbocycles. The fourth-order valence-electron chi connectivity index (χ4n) is 2.71. The van der Waals surface area contributed by atoms with E-state index in [1.165, 1.54) is 16.4 Å². The molecule has 0 N–H and O–H groups in total. The third-order valence-electron chi connectivity index (χ3n) is 4.13. The molecule has 0 aromatic heterocycles. The van der Waals surface area contributed by atoms with Crippen molar-refractivity contribution >= 4 is 27.5 Å². The largest absolute Gasteiger partial charge is 0.484 e. The highest BCUT2D eigenvalue weighted by Crippen LogP contribution is 2.21. The molecule has 3 rings (SSSR count). The Morgan fingerprint density at radius 1 is 1.00 bits per heavy atom. The number of hydrogen-bond acceptors (Lipinski definition) is 4. The first-order valence-electron chi connectivity index (χ1n) is 8.18. The second-order valence-electron chi connectivity index (χ2n) is 5.84. The van der Waals surface area contributed by atoms with Crippen molar-refractivity contribution in [2.45, 2.75) is 4.90 Å². The summed E-state index contributed by atoms with van der Waals surface area (Å²) in [5, 5.41) is 0.373. The first-order chi connectivity index (χ1) is 12.5. The molecular weight excluding hydrogens is 376 g/mol. The Bertz CT molecular complexity index is 866. The Kier molecular flexibility index (Phi) is 5.80. The Morgan fingerprint density at radius 3 is 2.35 bits per heavy atom. The average Bonchev–Trinajstić information content (AvgIpc) is 2.67. The topological polar surface area (TPSA) is 66.9 Å². The van der Waals surface area contributed by atoms with E-state index in [1.807, 2.05) is 18.2 Å². The van der Waals surface area contributed by atoms with Gasteiger partial charge in [0.2, 0.25) is 10.0 Å². The summed E-state index contributed by atoms with van der Waals surface area (Å²) in [6, 6.07) is 15.3. The van der Waals surface area contributed by atoms with Gasteiger partial charge in [0.25, 0.3) is 5.91 Å². The number of halogens is 1. The van der Waals surface area contributed by atoms with Crippen LogP contribution in [0, 0.1) is 0 Å². The predicted octanol–water partition coefficient (Wildman–Crippen LogP) is 2.25. The van der Waals surface area contributed by atoms with Gasteiger partial charge in [0.1, 0.15) is 5.75 Å². The third-order valence-corrected chi connectivity index (χ3v) is 6.26. The minimum atomic E-state index is -3.61. The summed E-state index contributed by atoms with van der Waals surface area (Å²) in [6.45, 7) is 1.08. The van der Waals surface area contributed by atoms with Crippen molar-refractivity contribution < 1.29 is 17.9 Å². The third kappa shape index (κ3) is 4.35. The van der Waals surface area contributed by atoms with E-state index in [0.717, 1.165) is 0 Å². The monoisotopic (exact) mass is 394 g/mol. The standard InChI is InChI=1S/C18H19ClN2O4S/c19-15-5-4-8-17(13-15)26(23,24)21-11-9-20(10-12-21)18(22)14-25-16-6-2-1-3-7-16/h1-8,13H,9-12,14H2. The number of ether oxygens (including phenoxy) is 1. The van der Waals surface area contributed by atoms with Gasteiger partial charge in [-0.3, -0.25) is 4.79 Å². The van der Waals surface area contributed by atoms with E-state index >= 15 is 0 Å². The number of hydrogen-bond donors (Lipinski definition) is 0. The van der Waals surface area contributed by atoms with Crippen LogP contribution in [0.1, 0.15) is 0 Å². The lowest BCUT2D eigenvalue weighted by Gasteiger charge is -2.34. The van der Waals surface area contributed by atoms with Gasteiger partial charge in [0, 0.05) is 31.2 Å². The van der Waals surface area contributed by atoms with Gasteiger partial charge in [-0.15, -0.1) is 0 Å². The van der Waals surface area contributed by atoms with E-state index in [0.29, 0.717) is 23.9 Å². The number of benzene rings is 2. The molecule has 138 valence electrons. The van der Waals surface area contributed by atoms with Crippen LogP contribution in [-0.2, 0) is 14.8 Å². The van der Waals surface area contributed by atoms with Gasteiger partial charge in [-0.2, -0.15) is 4.31 Å². The maximum Gasteiger partial charge on any atom is 0.260 e. The lowest BCUT2D eigenvalue weighted by atomic mass is 10.3. The van der Waals surface area contributed by atoms with Crippen LogP contribution in [0.2, 0.25) is 5.02 Å². The van der Waals surface area contributed by atoms with Crippen molar-refractivity contribution in [3.8, 4) is 5.75 Å². The zero-order valence-electron chi connectivity index (χ0n) is 14.0. The lowest BCUT2D eigenvalue weighted by molar-refractivity contribution is -0.134. The number of rotatable bonds is 5. The summed E-state index contributed by atoms with van der Waals surface area (Å²) in [6.07, 6.45) is 0. The van der Waals surface area contributed by atoms with E-state index in [4.69, 9.17) is 16.3 Å². The van der Waals surface area contributed by atoms with Gasteiger partial charge >= 0.3 is 0 Å². The van der Waals surface area contributed by atoms with Crippen LogP contribution in [0.3, 0.4) is 0 Å². The summed E-state index contributed by atoms with van der Waals surface area (Å²) >= 11 is 5.89. The van der Waals surface area contributed by atoms with Crippen molar-refractivity contribution in [1.82, 2.24) is 9.21 Å².